The fourth-order valence-electron chi connectivity index (χ4n) is 2.98. The Morgan fingerprint density at radius 2 is 1.75 bits per heavy atom. The normalized spacial score (nSPS) is 26.9. The van der Waals surface area contributed by atoms with Crippen molar-refractivity contribution in [2.24, 2.45) is 17.8 Å². The van der Waals surface area contributed by atoms with Crippen LogP contribution < -0.4 is 5.32 Å². The van der Waals surface area contributed by atoms with Gasteiger partial charge < -0.3 is 10.2 Å². The Labute approximate surface area is 97.6 Å². The summed E-state index contributed by atoms with van der Waals surface area (Å²) in [5.74, 6) is 2.37. The summed E-state index contributed by atoms with van der Waals surface area (Å²) in [5.41, 5.74) is 0. The molecule has 2 saturated carbocycles. The molecule has 1 N–H and O–H groups in total. The van der Waals surface area contributed by atoms with Gasteiger partial charge in [-0.2, -0.15) is 0 Å². The lowest BCUT2D eigenvalue weighted by Crippen LogP contribution is -2.40. The van der Waals surface area contributed by atoms with Gasteiger partial charge in [0.1, 0.15) is 0 Å². The van der Waals surface area contributed by atoms with Crippen molar-refractivity contribution in [2.75, 3.05) is 26.2 Å². The van der Waals surface area contributed by atoms with Crippen LogP contribution in [0.15, 0.2) is 0 Å². The van der Waals surface area contributed by atoms with E-state index < -0.39 is 0 Å². The standard InChI is InChI=1S/C13H22N2O/c16-13(15-8-1-6-14-7-9-15)12(10-2-3-10)11-4-5-11/h10-12,14H,1-9H2. The number of amides is 1. The molecule has 0 spiro atoms. The molecule has 16 heavy (non-hydrogen) atoms. The first-order valence-corrected chi connectivity index (χ1v) is 6.86. The van der Waals surface area contributed by atoms with E-state index >= 15 is 0 Å². The van der Waals surface area contributed by atoms with Crippen molar-refractivity contribution in [1.29, 1.82) is 0 Å². The molecule has 3 rings (SSSR count). The highest BCUT2D eigenvalue weighted by molar-refractivity contribution is 5.80. The van der Waals surface area contributed by atoms with Gasteiger partial charge in [0.25, 0.3) is 0 Å². The van der Waals surface area contributed by atoms with E-state index in [0.29, 0.717) is 11.8 Å². The number of nitrogens with one attached hydrogen (secondary N) is 1. The molecule has 0 aromatic carbocycles. The van der Waals surface area contributed by atoms with Gasteiger partial charge >= 0.3 is 0 Å². The largest absolute Gasteiger partial charge is 0.341 e. The van der Waals surface area contributed by atoms with Gasteiger partial charge in [-0.3, -0.25) is 4.79 Å². The van der Waals surface area contributed by atoms with E-state index in [-0.39, 0.29) is 0 Å². The number of nitrogens with zero attached hydrogens (tertiary/aromatic N) is 1. The molecule has 1 heterocycles. The van der Waals surface area contributed by atoms with Crippen LogP contribution in [0.2, 0.25) is 0 Å². The second-order valence-corrected chi connectivity index (χ2v) is 5.63. The highest BCUT2D eigenvalue weighted by atomic mass is 16.2. The topological polar surface area (TPSA) is 32.3 Å². The molecule has 1 saturated heterocycles. The summed E-state index contributed by atoms with van der Waals surface area (Å²) in [7, 11) is 0. The Bertz CT molecular complexity index is 251. The van der Waals surface area contributed by atoms with E-state index in [0.717, 1.165) is 44.4 Å². The lowest BCUT2D eigenvalue weighted by molar-refractivity contribution is -0.136. The smallest absolute Gasteiger partial charge is 0.226 e. The van der Waals surface area contributed by atoms with Crippen molar-refractivity contribution in [3.8, 4) is 0 Å². The molecule has 90 valence electrons. The van der Waals surface area contributed by atoms with Crippen molar-refractivity contribution in [3.05, 3.63) is 0 Å². The zero-order valence-corrected chi connectivity index (χ0v) is 9.95. The number of hydrogen-bond donors (Lipinski definition) is 1. The van der Waals surface area contributed by atoms with Crippen LogP contribution in [-0.2, 0) is 4.79 Å². The van der Waals surface area contributed by atoms with E-state index in [1.165, 1.54) is 25.7 Å². The summed E-state index contributed by atoms with van der Waals surface area (Å²) in [6, 6.07) is 0. The number of carbonyl (C=O) groups excluding carboxylic acids is 1. The maximum atomic E-state index is 12.5. The average Bonchev–Trinajstić information content (AvgIpc) is 3.16. The second-order valence-electron chi connectivity index (χ2n) is 5.63. The Morgan fingerprint density at radius 3 is 2.38 bits per heavy atom. The van der Waals surface area contributed by atoms with Crippen LogP contribution in [0.3, 0.4) is 0 Å². The van der Waals surface area contributed by atoms with E-state index in [1.54, 1.807) is 0 Å². The first-order chi connectivity index (χ1) is 7.86. The van der Waals surface area contributed by atoms with Gasteiger partial charge in [-0.15, -0.1) is 0 Å². The van der Waals surface area contributed by atoms with Crippen LogP contribution >= 0.6 is 0 Å². The molecule has 3 heteroatoms. The Hall–Kier alpha value is -0.570. The van der Waals surface area contributed by atoms with Gasteiger partial charge in [-0.05, 0) is 50.5 Å². The maximum Gasteiger partial charge on any atom is 0.226 e. The third-order valence-corrected chi connectivity index (χ3v) is 4.20. The van der Waals surface area contributed by atoms with Crippen molar-refractivity contribution in [1.82, 2.24) is 10.2 Å². The minimum absolute atomic E-state index is 0.401. The molecule has 2 aliphatic carbocycles. The summed E-state index contributed by atoms with van der Waals surface area (Å²) in [6.07, 6.45) is 6.34. The summed E-state index contributed by atoms with van der Waals surface area (Å²) < 4.78 is 0. The number of rotatable bonds is 3. The van der Waals surface area contributed by atoms with E-state index in [1.807, 2.05) is 0 Å². The van der Waals surface area contributed by atoms with E-state index in [4.69, 9.17) is 0 Å². The first kappa shape index (κ1) is 10.6. The van der Waals surface area contributed by atoms with Crippen molar-refractivity contribution in [2.45, 2.75) is 32.1 Å². The van der Waals surface area contributed by atoms with Crippen LogP contribution in [0, 0.1) is 17.8 Å². The molecule has 1 amide bonds. The van der Waals surface area contributed by atoms with Crippen molar-refractivity contribution >= 4 is 5.91 Å². The van der Waals surface area contributed by atoms with Crippen LogP contribution in [0.25, 0.3) is 0 Å². The maximum absolute atomic E-state index is 12.5. The van der Waals surface area contributed by atoms with Crippen LogP contribution in [-0.4, -0.2) is 37.0 Å². The molecule has 0 aromatic heterocycles. The minimum atomic E-state index is 0.401. The molecule has 0 aromatic rings. The molecule has 3 aliphatic rings. The van der Waals surface area contributed by atoms with Gasteiger partial charge in [0, 0.05) is 25.6 Å². The number of hydrogen-bond acceptors (Lipinski definition) is 2. The van der Waals surface area contributed by atoms with Crippen molar-refractivity contribution in [3.63, 3.8) is 0 Å². The SMILES string of the molecule is O=C(C(C1CC1)C1CC1)N1CCCNCC1. The molecule has 0 unspecified atom stereocenters. The Balaban J connectivity index is 1.64. The highest BCUT2D eigenvalue weighted by Gasteiger charge is 2.46. The zero-order valence-electron chi connectivity index (χ0n) is 9.95. The first-order valence-electron chi connectivity index (χ1n) is 6.86. The van der Waals surface area contributed by atoms with Crippen LogP contribution in [0.1, 0.15) is 32.1 Å². The number of carbonyl (C=O) groups is 1. The molecule has 3 nitrogen and oxygen atoms in total. The lowest BCUT2D eigenvalue weighted by atomic mass is 9.96. The third-order valence-electron chi connectivity index (χ3n) is 4.20. The minimum Gasteiger partial charge on any atom is -0.341 e. The molecular weight excluding hydrogens is 200 g/mol. The average molecular weight is 222 g/mol. The Kier molecular flexibility index (Phi) is 2.88. The summed E-state index contributed by atoms with van der Waals surface area (Å²) in [4.78, 5) is 14.6. The van der Waals surface area contributed by atoms with Gasteiger partial charge in [0.15, 0.2) is 0 Å². The molecule has 3 fully saturated rings. The Morgan fingerprint density at radius 1 is 1.06 bits per heavy atom. The lowest BCUT2D eigenvalue weighted by Gasteiger charge is -2.26. The van der Waals surface area contributed by atoms with Crippen LogP contribution in [0.5, 0.6) is 0 Å². The highest BCUT2D eigenvalue weighted by Crippen LogP contribution is 2.49. The fourth-order valence-corrected chi connectivity index (χ4v) is 2.98. The quantitative estimate of drug-likeness (QED) is 0.779. The molecule has 0 bridgehead atoms. The van der Waals surface area contributed by atoms with E-state index in [2.05, 4.69) is 10.2 Å². The third kappa shape index (κ3) is 2.24. The summed E-state index contributed by atoms with van der Waals surface area (Å²) in [6.45, 7) is 3.95. The van der Waals surface area contributed by atoms with Gasteiger partial charge in [-0.1, -0.05) is 0 Å². The molecule has 0 radical (unpaired) electrons. The predicted octanol–water partition coefficient (Wildman–Crippen LogP) is 1.24. The summed E-state index contributed by atoms with van der Waals surface area (Å²) >= 11 is 0. The second kappa shape index (κ2) is 4.36. The predicted molar refractivity (Wildman–Crippen MR) is 63.0 cm³/mol. The van der Waals surface area contributed by atoms with Crippen molar-refractivity contribution < 1.29 is 4.79 Å². The van der Waals surface area contributed by atoms with Gasteiger partial charge in [0.2, 0.25) is 5.91 Å². The monoisotopic (exact) mass is 222 g/mol. The molecule has 1 aliphatic heterocycles. The molecular formula is C13H22N2O. The zero-order chi connectivity index (χ0) is 11.0. The summed E-state index contributed by atoms with van der Waals surface area (Å²) in [5, 5.41) is 3.37. The fraction of sp³-hybridized carbons (Fsp3) is 0.923. The van der Waals surface area contributed by atoms with Crippen LogP contribution in [0.4, 0.5) is 0 Å². The molecule has 0 atom stereocenters. The van der Waals surface area contributed by atoms with Gasteiger partial charge in [-0.25, -0.2) is 0 Å². The van der Waals surface area contributed by atoms with E-state index in [9.17, 15) is 4.79 Å². The van der Waals surface area contributed by atoms with Gasteiger partial charge in [0.05, 0.1) is 0 Å².